The van der Waals surface area contributed by atoms with E-state index in [1.54, 1.807) is 18.2 Å². The van der Waals surface area contributed by atoms with E-state index in [1.807, 2.05) is 0 Å². The lowest BCUT2D eigenvalue weighted by Crippen LogP contribution is -2.13. The van der Waals surface area contributed by atoms with E-state index in [-0.39, 0.29) is 5.56 Å². The molecule has 0 amide bonds. The van der Waals surface area contributed by atoms with Crippen molar-refractivity contribution in [3.63, 3.8) is 0 Å². The molecular weight excluding hydrogens is 272 g/mol. The predicted octanol–water partition coefficient (Wildman–Crippen LogP) is 3.45. The molecule has 0 bridgehead atoms. The summed E-state index contributed by atoms with van der Waals surface area (Å²) >= 11 is 0. The minimum absolute atomic E-state index is 0.294. The molecular formula is C16H18O5. The van der Waals surface area contributed by atoms with E-state index in [0.29, 0.717) is 23.3 Å². The van der Waals surface area contributed by atoms with E-state index >= 15 is 0 Å². The van der Waals surface area contributed by atoms with Gasteiger partial charge in [-0.2, -0.15) is 0 Å². The van der Waals surface area contributed by atoms with Gasteiger partial charge >= 0.3 is 11.6 Å². The van der Waals surface area contributed by atoms with E-state index in [9.17, 15) is 9.59 Å². The number of aromatic carboxylic acids is 1. The van der Waals surface area contributed by atoms with Crippen LogP contribution in [-0.4, -0.2) is 17.7 Å². The number of hydrogen-bond donors (Lipinski definition) is 1. The molecule has 5 heteroatoms. The van der Waals surface area contributed by atoms with Crippen LogP contribution in [0.3, 0.4) is 0 Å². The summed E-state index contributed by atoms with van der Waals surface area (Å²) in [6.45, 7) is 2.68. The Morgan fingerprint density at radius 2 is 2.10 bits per heavy atom. The van der Waals surface area contributed by atoms with Crippen LogP contribution < -0.4 is 10.4 Å². The van der Waals surface area contributed by atoms with E-state index in [0.717, 1.165) is 25.7 Å². The van der Waals surface area contributed by atoms with Crippen LogP contribution in [-0.2, 0) is 0 Å². The fraction of sp³-hybridized carbons (Fsp3) is 0.375. The summed E-state index contributed by atoms with van der Waals surface area (Å²) in [4.78, 5) is 22.6. The Morgan fingerprint density at radius 1 is 1.29 bits per heavy atom. The molecule has 0 unspecified atom stereocenters. The molecule has 0 fully saturated rings. The average Bonchev–Trinajstić information content (AvgIpc) is 2.46. The summed E-state index contributed by atoms with van der Waals surface area (Å²) in [5.74, 6) is -0.824. The Labute approximate surface area is 122 Å². The largest absolute Gasteiger partial charge is 0.490 e. The van der Waals surface area contributed by atoms with Crippen LogP contribution in [0.4, 0.5) is 0 Å². The molecule has 2 rings (SSSR count). The summed E-state index contributed by atoms with van der Waals surface area (Å²) in [6.07, 6.45) is 4.34. The van der Waals surface area contributed by atoms with E-state index in [2.05, 4.69) is 6.92 Å². The van der Waals surface area contributed by atoms with Crippen molar-refractivity contribution >= 4 is 16.9 Å². The summed E-state index contributed by atoms with van der Waals surface area (Å²) < 4.78 is 10.7. The lowest BCUT2D eigenvalue weighted by Gasteiger charge is -2.08. The molecule has 1 heterocycles. The highest BCUT2D eigenvalue weighted by Gasteiger charge is 2.14. The van der Waals surface area contributed by atoms with Crippen molar-refractivity contribution in [2.75, 3.05) is 6.61 Å². The average molecular weight is 290 g/mol. The Kier molecular flexibility index (Phi) is 4.98. The Hall–Kier alpha value is -2.30. The van der Waals surface area contributed by atoms with Crippen molar-refractivity contribution in [2.45, 2.75) is 32.6 Å². The summed E-state index contributed by atoms with van der Waals surface area (Å²) in [5.41, 5.74) is -0.942. The molecule has 0 spiro atoms. The number of fused-ring (bicyclic) bond motifs is 1. The monoisotopic (exact) mass is 290 g/mol. The zero-order valence-corrected chi connectivity index (χ0v) is 11.9. The van der Waals surface area contributed by atoms with Gasteiger partial charge < -0.3 is 14.3 Å². The summed E-state index contributed by atoms with van der Waals surface area (Å²) in [7, 11) is 0. The highest BCUT2D eigenvalue weighted by atomic mass is 16.5. The first-order chi connectivity index (χ1) is 10.1. The Morgan fingerprint density at radius 3 is 2.81 bits per heavy atom. The van der Waals surface area contributed by atoms with Gasteiger partial charge in [0.1, 0.15) is 5.56 Å². The molecule has 1 aromatic carbocycles. The van der Waals surface area contributed by atoms with Crippen LogP contribution in [0.15, 0.2) is 33.5 Å². The molecule has 112 valence electrons. The Bertz CT molecular complexity index is 687. The smallest absolute Gasteiger partial charge is 0.351 e. The molecule has 0 radical (unpaired) electrons. The van der Waals surface area contributed by atoms with Gasteiger partial charge in [-0.25, -0.2) is 9.59 Å². The second kappa shape index (κ2) is 6.92. The van der Waals surface area contributed by atoms with Gasteiger partial charge in [0.15, 0.2) is 11.3 Å². The van der Waals surface area contributed by atoms with Crippen LogP contribution in [0.25, 0.3) is 11.0 Å². The van der Waals surface area contributed by atoms with E-state index in [4.69, 9.17) is 14.3 Å². The molecule has 21 heavy (non-hydrogen) atoms. The number of rotatable bonds is 7. The quantitative estimate of drug-likeness (QED) is 0.624. The molecule has 0 saturated carbocycles. The van der Waals surface area contributed by atoms with Gasteiger partial charge in [0, 0.05) is 5.39 Å². The van der Waals surface area contributed by atoms with Crippen molar-refractivity contribution in [3.05, 3.63) is 40.2 Å². The number of benzene rings is 1. The van der Waals surface area contributed by atoms with Gasteiger partial charge in [-0.05, 0) is 18.6 Å². The standard InChI is InChI=1S/C16H18O5/c1-2-3-4-5-9-20-13-8-6-7-11-10-12(15(17)18)16(19)21-14(11)13/h6-8,10H,2-5,9H2,1H3,(H,17,18). The van der Waals surface area contributed by atoms with Crippen LogP contribution in [0.1, 0.15) is 43.0 Å². The number of hydrogen-bond acceptors (Lipinski definition) is 4. The lowest BCUT2D eigenvalue weighted by atomic mass is 10.2. The number of carboxylic acid groups (broad SMARTS) is 1. The predicted molar refractivity (Wildman–Crippen MR) is 79.1 cm³/mol. The van der Waals surface area contributed by atoms with Crippen LogP contribution >= 0.6 is 0 Å². The van der Waals surface area contributed by atoms with Crippen molar-refractivity contribution in [2.24, 2.45) is 0 Å². The first kappa shape index (κ1) is 15.1. The van der Waals surface area contributed by atoms with Crippen molar-refractivity contribution in [1.29, 1.82) is 0 Å². The Balaban J connectivity index is 2.23. The molecule has 0 aliphatic rings. The number of ether oxygens (including phenoxy) is 1. The van der Waals surface area contributed by atoms with E-state index < -0.39 is 11.6 Å². The third-order valence-electron chi connectivity index (χ3n) is 3.21. The maximum Gasteiger partial charge on any atom is 0.351 e. The van der Waals surface area contributed by atoms with Gasteiger partial charge in [-0.3, -0.25) is 0 Å². The third-order valence-corrected chi connectivity index (χ3v) is 3.21. The van der Waals surface area contributed by atoms with Gasteiger partial charge in [0.2, 0.25) is 0 Å². The third kappa shape index (κ3) is 3.62. The number of para-hydroxylation sites is 1. The fourth-order valence-electron chi connectivity index (χ4n) is 2.09. The minimum atomic E-state index is -1.29. The molecule has 0 saturated heterocycles. The van der Waals surface area contributed by atoms with Crippen molar-refractivity contribution in [3.8, 4) is 5.75 Å². The highest BCUT2D eigenvalue weighted by Crippen LogP contribution is 2.25. The molecule has 2 aromatic rings. The molecule has 5 nitrogen and oxygen atoms in total. The number of carboxylic acids is 1. The highest BCUT2D eigenvalue weighted by molar-refractivity contribution is 5.92. The summed E-state index contributed by atoms with van der Waals surface area (Å²) in [6, 6.07) is 6.46. The zero-order chi connectivity index (χ0) is 15.2. The first-order valence-corrected chi connectivity index (χ1v) is 7.06. The van der Waals surface area contributed by atoms with Gasteiger partial charge in [0.05, 0.1) is 6.61 Å². The summed E-state index contributed by atoms with van der Waals surface area (Å²) in [5, 5.41) is 9.47. The first-order valence-electron chi connectivity index (χ1n) is 7.06. The molecule has 0 aliphatic carbocycles. The van der Waals surface area contributed by atoms with Crippen LogP contribution in [0.5, 0.6) is 5.75 Å². The zero-order valence-electron chi connectivity index (χ0n) is 11.9. The van der Waals surface area contributed by atoms with Gasteiger partial charge in [-0.1, -0.05) is 38.3 Å². The fourth-order valence-corrected chi connectivity index (χ4v) is 2.09. The normalized spacial score (nSPS) is 10.7. The maximum atomic E-state index is 11.6. The number of carbonyl (C=O) groups is 1. The number of unbranched alkanes of at least 4 members (excludes halogenated alkanes) is 3. The maximum absolute atomic E-state index is 11.6. The van der Waals surface area contributed by atoms with Crippen molar-refractivity contribution < 1.29 is 19.1 Å². The topological polar surface area (TPSA) is 76.7 Å². The van der Waals surface area contributed by atoms with Crippen LogP contribution in [0.2, 0.25) is 0 Å². The molecule has 1 aromatic heterocycles. The van der Waals surface area contributed by atoms with E-state index in [1.165, 1.54) is 6.07 Å². The molecule has 0 atom stereocenters. The van der Waals surface area contributed by atoms with Crippen molar-refractivity contribution in [1.82, 2.24) is 0 Å². The SMILES string of the molecule is CCCCCCOc1cccc2cc(C(=O)O)c(=O)oc12. The second-order valence-electron chi connectivity index (χ2n) is 4.84. The molecule has 1 N–H and O–H groups in total. The molecule has 0 aliphatic heterocycles. The second-order valence-corrected chi connectivity index (χ2v) is 4.84. The van der Waals surface area contributed by atoms with Gasteiger partial charge in [-0.15, -0.1) is 0 Å². The van der Waals surface area contributed by atoms with Crippen LogP contribution in [0, 0.1) is 0 Å². The lowest BCUT2D eigenvalue weighted by molar-refractivity contribution is 0.0692. The minimum Gasteiger partial charge on any atom is -0.490 e. The van der Waals surface area contributed by atoms with Gasteiger partial charge in [0.25, 0.3) is 0 Å².